The molecule has 0 aromatic heterocycles. The molecule has 16 heavy (non-hydrogen) atoms. The highest BCUT2D eigenvalue weighted by Gasteiger charge is 2.50. The van der Waals surface area contributed by atoms with Crippen LogP contribution in [0.25, 0.3) is 0 Å². The van der Waals surface area contributed by atoms with Crippen molar-refractivity contribution in [2.24, 2.45) is 16.7 Å². The summed E-state index contributed by atoms with van der Waals surface area (Å²) < 4.78 is 5.75. The van der Waals surface area contributed by atoms with E-state index in [1.807, 2.05) is 0 Å². The highest BCUT2D eigenvalue weighted by Crippen LogP contribution is 2.51. The Bertz CT molecular complexity index is 259. The first-order chi connectivity index (χ1) is 7.38. The van der Waals surface area contributed by atoms with E-state index in [1.165, 1.54) is 19.4 Å². The van der Waals surface area contributed by atoms with Gasteiger partial charge in [0.15, 0.2) is 0 Å². The van der Waals surface area contributed by atoms with E-state index in [0.717, 1.165) is 12.5 Å². The van der Waals surface area contributed by atoms with E-state index in [1.54, 1.807) is 0 Å². The van der Waals surface area contributed by atoms with Crippen molar-refractivity contribution < 1.29 is 4.74 Å². The minimum absolute atomic E-state index is 0.315. The summed E-state index contributed by atoms with van der Waals surface area (Å²) in [6.07, 6.45) is 3.04. The van der Waals surface area contributed by atoms with Crippen LogP contribution in [0.15, 0.2) is 0 Å². The van der Waals surface area contributed by atoms with E-state index in [9.17, 15) is 0 Å². The van der Waals surface area contributed by atoms with Crippen molar-refractivity contribution in [2.75, 3.05) is 13.2 Å². The van der Waals surface area contributed by atoms with Gasteiger partial charge < -0.3 is 10.1 Å². The topological polar surface area (TPSA) is 21.3 Å². The quantitative estimate of drug-likeness (QED) is 0.777. The smallest absolute Gasteiger partial charge is 0.0655 e. The van der Waals surface area contributed by atoms with Crippen molar-refractivity contribution in [3.8, 4) is 0 Å². The van der Waals surface area contributed by atoms with Crippen LogP contribution in [0.2, 0.25) is 0 Å². The van der Waals surface area contributed by atoms with Crippen LogP contribution >= 0.6 is 0 Å². The Balaban J connectivity index is 1.72. The summed E-state index contributed by atoms with van der Waals surface area (Å²) in [5.74, 6) is 0.898. The first-order valence-electron chi connectivity index (χ1n) is 6.73. The molecule has 0 aromatic rings. The molecule has 0 amide bonds. The summed E-state index contributed by atoms with van der Waals surface area (Å²) in [5, 5.41) is 3.74. The average molecular weight is 225 g/mol. The molecular formula is C14H27NO. The van der Waals surface area contributed by atoms with Crippen molar-refractivity contribution in [1.29, 1.82) is 0 Å². The molecule has 2 heteroatoms. The van der Waals surface area contributed by atoms with Crippen LogP contribution in [0, 0.1) is 16.7 Å². The molecule has 2 aliphatic carbocycles. The van der Waals surface area contributed by atoms with Gasteiger partial charge in [-0.05, 0) is 37.6 Å². The van der Waals surface area contributed by atoms with Gasteiger partial charge in [0.05, 0.1) is 6.10 Å². The van der Waals surface area contributed by atoms with Gasteiger partial charge in [0, 0.05) is 18.1 Å². The maximum absolute atomic E-state index is 5.75. The zero-order valence-corrected chi connectivity index (χ0v) is 11.5. The van der Waals surface area contributed by atoms with Crippen molar-refractivity contribution in [3.63, 3.8) is 0 Å². The molecule has 2 nitrogen and oxygen atoms in total. The number of rotatable bonds is 5. The van der Waals surface area contributed by atoms with Crippen molar-refractivity contribution in [1.82, 2.24) is 5.32 Å². The summed E-state index contributed by atoms with van der Waals surface area (Å²) in [4.78, 5) is 0. The predicted octanol–water partition coefficient (Wildman–Crippen LogP) is 2.83. The first kappa shape index (κ1) is 12.4. The number of ether oxygens (including phenoxy) is 1. The van der Waals surface area contributed by atoms with Gasteiger partial charge in [-0.1, -0.05) is 27.7 Å². The molecule has 0 heterocycles. The van der Waals surface area contributed by atoms with Crippen molar-refractivity contribution in [3.05, 3.63) is 0 Å². The van der Waals surface area contributed by atoms with Crippen LogP contribution in [0.3, 0.4) is 0 Å². The van der Waals surface area contributed by atoms with Gasteiger partial charge in [-0.3, -0.25) is 0 Å². The third-order valence-electron chi connectivity index (χ3n) is 4.87. The van der Waals surface area contributed by atoms with E-state index >= 15 is 0 Å². The normalized spacial score (nSPS) is 39.2. The molecule has 3 atom stereocenters. The minimum Gasteiger partial charge on any atom is -0.378 e. The lowest BCUT2D eigenvalue weighted by molar-refractivity contribution is -0.114. The number of hydrogen-bond acceptors (Lipinski definition) is 2. The molecule has 3 unspecified atom stereocenters. The molecule has 0 radical (unpaired) electrons. The summed E-state index contributed by atoms with van der Waals surface area (Å²) >= 11 is 0. The van der Waals surface area contributed by atoms with Gasteiger partial charge in [0.25, 0.3) is 0 Å². The fraction of sp³-hybridized carbons (Fsp3) is 1.00. The Labute approximate surface area is 100 Å². The summed E-state index contributed by atoms with van der Waals surface area (Å²) in [5.41, 5.74) is 0.912. The second-order valence-corrected chi connectivity index (χ2v) is 6.85. The molecule has 0 aromatic carbocycles. The lowest BCUT2D eigenvalue weighted by atomic mass is 9.64. The Kier molecular flexibility index (Phi) is 3.09. The summed E-state index contributed by atoms with van der Waals surface area (Å²) in [6, 6.07) is 0.653. The monoisotopic (exact) mass is 225 g/mol. The standard InChI is InChI=1S/C14H27NO/c1-6-16-12-7-11(14(12,4)5)15-9-10-8-13(10,2)3/h10-12,15H,6-9H2,1-5H3. The molecule has 0 aliphatic heterocycles. The molecule has 2 aliphatic rings. The van der Waals surface area contributed by atoms with E-state index in [-0.39, 0.29) is 0 Å². The average Bonchev–Trinajstić information content (AvgIpc) is 2.79. The molecule has 94 valence electrons. The number of nitrogens with one attached hydrogen (secondary N) is 1. The maximum atomic E-state index is 5.75. The van der Waals surface area contributed by atoms with Crippen LogP contribution in [0.4, 0.5) is 0 Å². The first-order valence-corrected chi connectivity index (χ1v) is 6.73. The van der Waals surface area contributed by atoms with Crippen molar-refractivity contribution >= 4 is 0 Å². The lowest BCUT2D eigenvalue weighted by Gasteiger charge is -2.52. The van der Waals surface area contributed by atoms with Crippen LogP contribution in [-0.4, -0.2) is 25.3 Å². The third-order valence-corrected chi connectivity index (χ3v) is 4.87. The van der Waals surface area contributed by atoms with Crippen LogP contribution in [0.5, 0.6) is 0 Å². The SMILES string of the molecule is CCOC1CC(NCC2CC2(C)C)C1(C)C. The van der Waals surface area contributed by atoms with Gasteiger partial charge >= 0.3 is 0 Å². The van der Waals surface area contributed by atoms with E-state index < -0.39 is 0 Å². The molecule has 2 saturated carbocycles. The summed E-state index contributed by atoms with van der Waals surface area (Å²) in [6.45, 7) is 13.5. The zero-order chi connectivity index (χ0) is 12.0. The molecule has 1 N–H and O–H groups in total. The summed E-state index contributed by atoms with van der Waals surface area (Å²) in [7, 11) is 0. The van der Waals surface area contributed by atoms with Crippen LogP contribution in [-0.2, 0) is 4.74 Å². The fourth-order valence-electron chi connectivity index (χ4n) is 2.92. The van der Waals surface area contributed by atoms with Gasteiger partial charge in [0.2, 0.25) is 0 Å². The third kappa shape index (κ3) is 2.14. The second kappa shape index (κ2) is 3.99. The van der Waals surface area contributed by atoms with Gasteiger partial charge in [-0.25, -0.2) is 0 Å². The largest absolute Gasteiger partial charge is 0.378 e. The van der Waals surface area contributed by atoms with Gasteiger partial charge in [-0.2, -0.15) is 0 Å². The molecule has 0 saturated heterocycles. The van der Waals surface area contributed by atoms with E-state index in [2.05, 4.69) is 39.9 Å². The Hall–Kier alpha value is -0.0800. The van der Waals surface area contributed by atoms with E-state index in [0.29, 0.717) is 23.0 Å². The molecule has 2 fully saturated rings. The molecule has 2 rings (SSSR count). The molecule has 0 spiro atoms. The highest BCUT2D eigenvalue weighted by molar-refractivity contribution is 5.04. The molecular weight excluding hydrogens is 198 g/mol. The number of hydrogen-bond donors (Lipinski definition) is 1. The fourth-order valence-corrected chi connectivity index (χ4v) is 2.92. The Morgan fingerprint density at radius 3 is 2.31 bits per heavy atom. The molecule has 0 bridgehead atoms. The minimum atomic E-state index is 0.315. The predicted molar refractivity (Wildman–Crippen MR) is 67.5 cm³/mol. The van der Waals surface area contributed by atoms with Crippen LogP contribution in [0.1, 0.15) is 47.5 Å². The maximum Gasteiger partial charge on any atom is 0.0655 e. The Morgan fingerprint density at radius 1 is 1.25 bits per heavy atom. The Morgan fingerprint density at radius 2 is 1.88 bits per heavy atom. The van der Waals surface area contributed by atoms with Gasteiger partial charge in [0.1, 0.15) is 0 Å². The van der Waals surface area contributed by atoms with E-state index in [4.69, 9.17) is 4.74 Å². The zero-order valence-electron chi connectivity index (χ0n) is 11.5. The highest BCUT2D eigenvalue weighted by atomic mass is 16.5. The second-order valence-electron chi connectivity index (χ2n) is 6.85. The van der Waals surface area contributed by atoms with Crippen LogP contribution < -0.4 is 5.32 Å². The van der Waals surface area contributed by atoms with Gasteiger partial charge in [-0.15, -0.1) is 0 Å². The van der Waals surface area contributed by atoms with Crippen molar-refractivity contribution in [2.45, 2.75) is 59.6 Å². The lowest BCUT2D eigenvalue weighted by Crippen LogP contribution is -2.61.